The molecule has 1 aliphatic rings. The molecular weight excluding hydrogens is 214 g/mol. The van der Waals surface area contributed by atoms with E-state index in [9.17, 15) is 4.79 Å². The van der Waals surface area contributed by atoms with Crippen molar-refractivity contribution in [3.05, 3.63) is 33.6 Å². The number of anilines is 1. The van der Waals surface area contributed by atoms with E-state index in [1.807, 2.05) is 0 Å². The fraction of sp³-hybridized carbons (Fsp3) is 0.200. The molecule has 0 atom stereocenters. The van der Waals surface area contributed by atoms with Crippen LogP contribution in [0.2, 0.25) is 5.02 Å². The molecule has 0 unspecified atom stereocenters. The summed E-state index contributed by atoms with van der Waals surface area (Å²) < 4.78 is 1.64. The van der Waals surface area contributed by atoms with Crippen molar-refractivity contribution in [1.82, 2.24) is 9.55 Å². The molecule has 4 nitrogen and oxygen atoms in total. The molecular formula is C10H8ClN3O. The molecule has 0 aliphatic carbocycles. The highest BCUT2D eigenvalue weighted by atomic mass is 35.5. The van der Waals surface area contributed by atoms with Crippen LogP contribution in [0.5, 0.6) is 0 Å². The SMILES string of the molecule is O=c1c2cc(Cl)ccc2nc2n1CCN2. The molecule has 0 radical (unpaired) electrons. The third-order valence-corrected chi connectivity index (χ3v) is 2.77. The van der Waals surface area contributed by atoms with Crippen LogP contribution in [0.1, 0.15) is 0 Å². The Morgan fingerprint density at radius 2 is 2.33 bits per heavy atom. The van der Waals surface area contributed by atoms with Crippen molar-refractivity contribution in [3.63, 3.8) is 0 Å². The minimum Gasteiger partial charge on any atom is -0.354 e. The van der Waals surface area contributed by atoms with E-state index in [2.05, 4.69) is 10.3 Å². The Hall–Kier alpha value is -1.55. The number of rotatable bonds is 0. The highest BCUT2D eigenvalue weighted by Crippen LogP contribution is 2.18. The third kappa shape index (κ3) is 1.22. The summed E-state index contributed by atoms with van der Waals surface area (Å²) >= 11 is 5.85. The summed E-state index contributed by atoms with van der Waals surface area (Å²) in [7, 11) is 0. The first-order valence-electron chi connectivity index (χ1n) is 4.70. The number of halogens is 1. The molecule has 0 fully saturated rings. The quantitative estimate of drug-likeness (QED) is 0.733. The lowest BCUT2D eigenvalue weighted by molar-refractivity contribution is 0.771. The second-order valence-electron chi connectivity index (χ2n) is 3.48. The molecule has 1 N–H and O–H groups in total. The van der Waals surface area contributed by atoms with Crippen molar-refractivity contribution in [3.8, 4) is 0 Å². The van der Waals surface area contributed by atoms with Crippen LogP contribution in [0.15, 0.2) is 23.0 Å². The monoisotopic (exact) mass is 221 g/mol. The van der Waals surface area contributed by atoms with Crippen molar-refractivity contribution in [1.29, 1.82) is 0 Å². The van der Waals surface area contributed by atoms with E-state index < -0.39 is 0 Å². The van der Waals surface area contributed by atoms with Gasteiger partial charge in [-0.3, -0.25) is 9.36 Å². The Bertz CT molecular complexity index is 605. The summed E-state index contributed by atoms with van der Waals surface area (Å²) in [6.07, 6.45) is 0. The van der Waals surface area contributed by atoms with Crippen LogP contribution < -0.4 is 10.9 Å². The first-order chi connectivity index (χ1) is 7.25. The van der Waals surface area contributed by atoms with Gasteiger partial charge in [0.05, 0.1) is 10.9 Å². The van der Waals surface area contributed by atoms with Crippen LogP contribution in [-0.4, -0.2) is 16.1 Å². The zero-order chi connectivity index (χ0) is 10.4. The van der Waals surface area contributed by atoms with Gasteiger partial charge in [0.1, 0.15) is 0 Å². The fourth-order valence-electron chi connectivity index (χ4n) is 1.82. The van der Waals surface area contributed by atoms with E-state index >= 15 is 0 Å². The maximum atomic E-state index is 12.0. The smallest absolute Gasteiger partial charge is 0.262 e. The molecule has 2 heterocycles. The number of nitrogens with zero attached hydrogens (tertiary/aromatic N) is 2. The zero-order valence-corrected chi connectivity index (χ0v) is 8.58. The molecule has 0 amide bonds. The van der Waals surface area contributed by atoms with Crippen molar-refractivity contribution < 1.29 is 0 Å². The molecule has 1 aromatic heterocycles. The lowest BCUT2D eigenvalue weighted by Crippen LogP contribution is -2.18. The van der Waals surface area contributed by atoms with Crippen LogP contribution in [0.4, 0.5) is 5.95 Å². The lowest BCUT2D eigenvalue weighted by atomic mass is 10.2. The molecule has 0 spiro atoms. The van der Waals surface area contributed by atoms with E-state index in [0.29, 0.717) is 28.4 Å². The molecule has 2 aromatic rings. The molecule has 15 heavy (non-hydrogen) atoms. The van der Waals surface area contributed by atoms with Crippen LogP contribution in [0.25, 0.3) is 10.9 Å². The Morgan fingerprint density at radius 3 is 3.20 bits per heavy atom. The van der Waals surface area contributed by atoms with Gasteiger partial charge in [0.15, 0.2) is 0 Å². The van der Waals surface area contributed by atoms with Gasteiger partial charge in [-0.25, -0.2) is 4.98 Å². The topological polar surface area (TPSA) is 46.9 Å². The highest BCUT2D eigenvalue weighted by molar-refractivity contribution is 6.31. The van der Waals surface area contributed by atoms with Gasteiger partial charge in [-0.1, -0.05) is 11.6 Å². The average molecular weight is 222 g/mol. The fourth-order valence-corrected chi connectivity index (χ4v) is 1.99. The molecule has 0 saturated carbocycles. The number of hydrogen-bond acceptors (Lipinski definition) is 3. The van der Waals surface area contributed by atoms with Crippen LogP contribution in [0, 0.1) is 0 Å². The second-order valence-corrected chi connectivity index (χ2v) is 3.92. The zero-order valence-electron chi connectivity index (χ0n) is 7.83. The van der Waals surface area contributed by atoms with Gasteiger partial charge in [0.25, 0.3) is 5.56 Å². The van der Waals surface area contributed by atoms with Gasteiger partial charge >= 0.3 is 0 Å². The summed E-state index contributed by atoms with van der Waals surface area (Å²) in [4.78, 5) is 16.3. The van der Waals surface area contributed by atoms with Crippen molar-refractivity contribution in [2.45, 2.75) is 6.54 Å². The number of hydrogen-bond donors (Lipinski definition) is 1. The molecule has 0 saturated heterocycles. The predicted molar refractivity (Wildman–Crippen MR) is 59.5 cm³/mol. The van der Waals surface area contributed by atoms with E-state index in [-0.39, 0.29) is 5.56 Å². The van der Waals surface area contributed by atoms with Crippen LogP contribution in [-0.2, 0) is 6.54 Å². The first kappa shape index (κ1) is 8.73. The maximum absolute atomic E-state index is 12.0. The van der Waals surface area contributed by atoms with Gasteiger partial charge in [-0.2, -0.15) is 0 Å². The van der Waals surface area contributed by atoms with E-state index in [0.717, 1.165) is 6.54 Å². The highest BCUT2D eigenvalue weighted by Gasteiger charge is 2.14. The molecule has 0 bridgehead atoms. The molecule has 76 valence electrons. The summed E-state index contributed by atoms with van der Waals surface area (Å²) in [6, 6.07) is 5.17. The van der Waals surface area contributed by atoms with Gasteiger partial charge in [0, 0.05) is 18.1 Å². The second kappa shape index (κ2) is 2.97. The van der Waals surface area contributed by atoms with Gasteiger partial charge in [-0.05, 0) is 18.2 Å². The van der Waals surface area contributed by atoms with Gasteiger partial charge in [0.2, 0.25) is 5.95 Å². The average Bonchev–Trinajstić information content (AvgIpc) is 2.68. The van der Waals surface area contributed by atoms with Gasteiger partial charge < -0.3 is 5.32 Å². The Balaban J connectivity index is 2.47. The molecule has 5 heteroatoms. The summed E-state index contributed by atoms with van der Waals surface area (Å²) in [5, 5.41) is 4.21. The number of aromatic nitrogens is 2. The van der Waals surface area contributed by atoms with E-state index in [4.69, 9.17) is 11.6 Å². The third-order valence-electron chi connectivity index (χ3n) is 2.53. The molecule has 1 aromatic carbocycles. The normalized spacial score (nSPS) is 13.9. The Kier molecular flexibility index (Phi) is 1.73. The Labute approximate surface area is 90.5 Å². The Morgan fingerprint density at radius 1 is 1.47 bits per heavy atom. The van der Waals surface area contributed by atoms with Gasteiger partial charge in [-0.15, -0.1) is 0 Å². The maximum Gasteiger partial charge on any atom is 0.262 e. The summed E-state index contributed by atoms with van der Waals surface area (Å²) in [5.74, 6) is 0.648. The van der Waals surface area contributed by atoms with Crippen LogP contribution in [0.3, 0.4) is 0 Å². The number of benzene rings is 1. The minimum atomic E-state index is -0.0255. The van der Waals surface area contributed by atoms with E-state index in [1.165, 1.54) is 0 Å². The van der Waals surface area contributed by atoms with Crippen molar-refractivity contribution in [2.24, 2.45) is 0 Å². The lowest BCUT2D eigenvalue weighted by Gasteiger charge is -2.03. The molecule has 3 rings (SSSR count). The minimum absolute atomic E-state index is 0.0255. The van der Waals surface area contributed by atoms with Crippen molar-refractivity contribution >= 4 is 28.5 Å². The standard InChI is InChI=1S/C10H8ClN3O/c11-6-1-2-8-7(5-6)9(15)14-4-3-12-10(14)13-8/h1-2,5H,3-4H2,(H,12,13). The van der Waals surface area contributed by atoms with Crippen LogP contribution >= 0.6 is 11.6 Å². The predicted octanol–water partition coefficient (Wildman–Crippen LogP) is 1.48. The number of nitrogens with one attached hydrogen (secondary N) is 1. The molecule has 1 aliphatic heterocycles. The van der Waals surface area contributed by atoms with E-state index in [1.54, 1.807) is 22.8 Å². The largest absolute Gasteiger partial charge is 0.354 e. The number of fused-ring (bicyclic) bond motifs is 2. The first-order valence-corrected chi connectivity index (χ1v) is 5.07. The summed E-state index contributed by atoms with van der Waals surface area (Å²) in [5.41, 5.74) is 0.660. The van der Waals surface area contributed by atoms with Crippen molar-refractivity contribution in [2.75, 3.05) is 11.9 Å². The summed E-state index contributed by atoms with van der Waals surface area (Å²) in [6.45, 7) is 1.43.